The van der Waals surface area contributed by atoms with Gasteiger partial charge in [0.2, 0.25) is 5.91 Å². The van der Waals surface area contributed by atoms with Gasteiger partial charge in [-0.2, -0.15) is 0 Å². The van der Waals surface area contributed by atoms with Gasteiger partial charge in [-0.3, -0.25) is 9.20 Å². The van der Waals surface area contributed by atoms with E-state index in [1.807, 2.05) is 53.9 Å². The number of benzene rings is 1. The fourth-order valence-corrected chi connectivity index (χ4v) is 2.63. The van der Waals surface area contributed by atoms with Gasteiger partial charge in [0.15, 0.2) is 0 Å². The molecule has 2 N–H and O–H groups in total. The van der Waals surface area contributed by atoms with Crippen molar-refractivity contribution in [3.05, 3.63) is 64.4 Å². The number of rotatable bonds is 3. The number of aromatic nitrogens is 2. The van der Waals surface area contributed by atoms with E-state index >= 15 is 0 Å². The number of hydrogen-bond donors (Lipinski definition) is 1. The second-order valence-electron chi connectivity index (χ2n) is 4.97. The van der Waals surface area contributed by atoms with E-state index in [1.54, 1.807) is 6.08 Å². The van der Waals surface area contributed by atoms with Crippen LogP contribution in [0.2, 0.25) is 0 Å². The van der Waals surface area contributed by atoms with Crippen LogP contribution < -0.4 is 5.73 Å². The molecule has 22 heavy (non-hydrogen) atoms. The van der Waals surface area contributed by atoms with Crippen molar-refractivity contribution < 1.29 is 4.79 Å². The SMILES string of the molecule is Cc1cccn2c(/C=C/C(N)=O)c(-c3ccc(Br)cc3)nc12. The van der Waals surface area contributed by atoms with Crippen molar-refractivity contribution in [1.29, 1.82) is 0 Å². The Hall–Kier alpha value is -2.40. The molecule has 0 bridgehead atoms. The first-order valence-electron chi connectivity index (χ1n) is 6.77. The highest BCUT2D eigenvalue weighted by molar-refractivity contribution is 9.10. The molecule has 0 radical (unpaired) electrons. The lowest BCUT2D eigenvalue weighted by Gasteiger charge is -2.01. The number of primary amides is 1. The quantitative estimate of drug-likeness (QED) is 0.730. The average Bonchev–Trinajstić information content (AvgIpc) is 2.86. The summed E-state index contributed by atoms with van der Waals surface area (Å²) >= 11 is 3.43. The molecule has 2 heterocycles. The molecular weight excluding hydrogens is 342 g/mol. The number of hydrogen-bond acceptors (Lipinski definition) is 2. The summed E-state index contributed by atoms with van der Waals surface area (Å²) in [6.07, 6.45) is 4.99. The summed E-state index contributed by atoms with van der Waals surface area (Å²) < 4.78 is 2.97. The Morgan fingerprint density at radius 1 is 1.27 bits per heavy atom. The molecule has 0 aliphatic carbocycles. The number of carbonyl (C=O) groups excluding carboxylic acids is 1. The van der Waals surface area contributed by atoms with Crippen molar-refractivity contribution in [2.75, 3.05) is 0 Å². The lowest BCUT2D eigenvalue weighted by molar-refractivity contribution is -0.113. The molecule has 0 spiro atoms. The maximum absolute atomic E-state index is 11.1. The van der Waals surface area contributed by atoms with Crippen molar-refractivity contribution in [2.24, 2.45) is 5.73 Å². The minimum atomic E-state index is -0.482. The van der Waals surface area contributed by atoms with E-state index in [0.29, 0.717) is 0 Å². The lowest BCUT2D eigenvalue weighted by atomic mass is 10.1. The number of carbonyl (C=O) groups is 1. The van der Waals surface area contributed by atoms with Gasteiger partial charge in [0, 0.05) is 22.3 Å². The zero-order valence-corrected chi connectivity index (χ0v) is 13.5. The second-order valence-corrected chi connectivity index (χ2v) is 5.89. The number of aryl methyl sites for hydroxylation is 1. The van der Waals surface area contributed by atoms with E-state index in [2.05, 4.69) is 15.9 Å². The van der Waals surface area contributed by atoms with Gasteiger partial charge < -0.3 is 5.73 Å². The van der Waals surface area contributed by atoms with Crippen molar-refractivity contribution >= 4 is 33.6 Å². The number of halogens is 1. The highest BCUT2D eigenvalue weighted by Crippen LogP contribution is 2.27. The largest absolute Gasteiger partial charge is 0.366 e. The molecule has 0 saturated heterocycles. The standard InChI is InChI=1S/C17H14BrN3O/c1-11-3-2-10-21-14(8-9-15(19)22)16(20-17(11)21)12-4-6-13(18)7-5-12/h2-10H,1H3,(H2,19,22)/b9-8+. The van der Waals surface area contributed by atoms with Crippen LogP contribution in [0.5, 0.6) is 0 Å². The summed E-state index contributed by atoms with van der Waals surface area (Å²) in [6.45, 7) is 2.01. The monoisotopic (exact) mass is 355 g/mol. The van der Waals surface area contributed by atoms with Gasteiger partial charge >= 0.3 is 0 Å². The van der Waals surface area contributed by atoms with Gasteiger partial charge in [-0.1, -0.05) is 34.1 Å². The van der Waals surface area contributed by atoms with E-state index in [-0.39, 0.29) is 0 Å². The fourth-order valence-electron chi connectivity index (χ4n) is 2.36. The maximum Gasteiger partial charge on any atom is 0.241 e. The Kier molecular flexibility index (Phi) is 3.81. The van der Waals surface area contributed by atoms with Crippen LogP contribution in [0.4, 0.5) is 0 Å². The van der Waals surface area contributed by atoms with Gasteiger partial charge in [-0.25, -0.2) is 4.98 Å². The molecule has 3 aromatic rings. The van der Waals surface area contributed by atoms with Gasteiger partial charge in [0.1, 0.15) is 5.65 Å². The third-order valence-electron chi connectivity index (χ3n) is 3.41. The molecule has 0 saturated carbocycles. The highest BCUT2D eigenvalue weighted by atomic mass is 79.9. The van der Waals surface area contributed by atoms with Crippen LogP contribution in [0.15, 0.2) is 53.1 Å². The molecule has 0 unspecified atom stereocenters. The van der Waals surface area contributed by atoms with Crippen LogP contribution in [0.1, 0.15) is 11.3 Å². The lowest BCUT2D eigenvalue weighted by Crippen LogP contribution is -2.05. The average molecular weight is 356 g/mol. The molecule has 4 nitrogen and oxygen atoms in total. The fraction of sp³-hybridized carbons (Fsp3) is 0.0588. The number of imidazole rings is 1. The maximum atomic E-state index is 11.1. The van der Waals surface area contributed by atoms with Crippen LogP contribution in [0.25, 0.3) is 23.0 Å². The summed E-state index contributed by atoms with van der Waals surface area (Å²) in [5.74, 6) is -0.482. The molecule has 5 heteroatoms. The molecule has 110 valence electrons. The third kappa shape index (κ3) is 2.67. The van der Waals surface area contributed by atoms with Crippen LogP contribution in [0, 0.1) is 6.92 Å². The van der Waals surface area contributed by atoms with Gasteiger partial charge in [0.05, 0.1) is 11.4 Å². The number of amides is 1. The minimum Gasteiger partial charge on any atom is -0.366 e. The molecule has 1 aromatic carbocycles. The van der Waals surface area contributed by atoms with E-state index in [4.69, 9.17) is 10.7 Å². The van der Waals surface area contributed by atoms with Crippen LogP contribution in [-0.2, 0) is 4.79 Å². The Labute approximate surface area is 136 Å². The zero-order chi connectivity index (χ0) is 15.7. The second kappa shape index (κ2) is 5.77. The summed E-state index contributed by atoms with van der Waals surface area (Å²) in [6, 6.07) is 11.9. The number of fused-ring (bicyclic) bond motifs is 1. The summed E-state index contributed by atoms with van der Waals surface area (Å²) in [5.41, 5.74) is 9.80. The van der Waals surface area contributed by atoms with E-state index in [9.17, 15) is 4.79 Å². The minimum absolute atomic E-state index is 0.482. The normalized spacial score (nSPS) is 11.4. The molecule has 0 aliphatic heterocycles. The molecule has 3 rings (SSSR count). The number of nitrogens with two attached hydrogens (primary N) is 1. The van der Waals surface area contributed by atoms with Crippen molar-refractivity contribution in [2.45, 2.75) is 6.92 Å². The van der Waals surface area contributed by atoms with E-state index < -0.39 is 5.91 Å². The summed E-state index contributed by atoms with van der Waals surface area (Å²) in [4.78, 5) is 15.8. The van der Waals surface area contributed by atoms with Crippen LogP contribution >= 0.6 is 15.9 Å². The molecule has 0 atom stereocenters. The van der Waals surface area contributed by atoms with Crippen molar-refractivity contribution in [1.82, 2.24) is 9.38 Å². The summed E-state index contributed by atoms with van der Waals surface area (Å²) in [7, 11) is 0. The Balaban J connectivity index is 2.28. The third-order valence-corrected chi connectivity index (χ3v) is 3.93. The molecule has 1 amide bonds. The number of nitrogens with zero attached hydrogens (tertiary/aromatic N) is 2. The van der Waals surface area contributed by atoms with E-state index in [1.165, 1.54) is 6.08 Å². The van der Waals surface area contributed by atoms with Crippen molar-refractivity contribution in [3.63, 3.8) is 0 Å². The van der Waals surface area contributed by atoms with Crippen molar-refractivity contribution in [3.8, 4) is 11.3 Å². The first-order chi connectivity index (χ1) is 10.6. The zero-order valence-electron chi connectivity index (χ0n) is 12.0. The Morgan fingerprint density at radius 2 is 2.00 bits per heavy atom. The first-order valence-corrected chi connectivity index (χ1v) is 7.56. The topological polar surface area (TPSA) is 60.4 Å². The number of pyridine rings is 1. The van der Waals surface area contributed by atoms with Crippen LogP contribution in [0.3, 0.4) is 0 Å². The van der Waals surface area contributed by atoms with E-state index in [0.717, 1.165) is 32.6 Å². The molecular formula is C17H14BrN3O. The highest BCUT2D eigenvalue weighted by Gasteiger charge is 2.13. The predicted octanol–water partition coefficient (Wildman–Crippen LogP) is 3.57. The Morgan fingerprint density at radius 3 is 2.68 bits per heavy atom. The molecule has 2 aromatic heterocycles. The first kappa shape index (κ1) is 14.5. The van der Waals surface area contributed by atoms with Gasteiger partial charge in [-0.05, 0) is 36.8 Å². The molecule has 0 aliphatic rings. The predicted molar refractivity (Wildman–Crippen MR) is 91.3 cm³/mol. The van der Waals surface area contributed by atoms with Gasteiger partial charge in [-0.15, -0.1) is 0 Å². The smallest absolute Gasteiger partial charge is 0.241 e. The van der Waals surface area contributed by atoms with Gasteiger partial charge in [0.25, 0.3) is 0 Å². The molecule has 0 fully saturated rings. The Bertz CT molecular complexity index is 879. The summed E-state index contributed by atoms with van der Waals surface area (Å²) in [5, 5.41) is 0. The van der Waals surface area contributed by atoms with Crippen LogP contribution in [-0.4, -0.2) is 15.3 Å².